The second-order valence-electron chi connectivity index (χ2n) is 11.4. The molecule has 204 valence electrons. The first-order valence-electron chi connectivity index (χ1n) is 12.9. The van der Waals surface area contributed by atoms with Crippen LogP contribution in [0, 0.1) is 17.8 Å². The highest BCUT2D eigenvalue weighted by Crippen LogP contribution is 2.67. The van der Waals surface area contributed by atoms with Gasteiger partial charge in [0, 0.05) is 29.2 Å². The molecule has 38 heavy (non-hydrogen) atoms. The number of primary amides is 1. The summed E-state index contributed by atoms with van der Waals surface area (Å²) in [7, 11) is 4.90. The zero-order chi connectivity index (χ0) is 27.3. The number of nitrogens with zero attached hydrogens (tertiary/aromatic N) is 1. The van der Waals surface area contributed by atoms with Crippen molar-refractivity contribution in [1.29, 1.82) is 0 Å². The third-order valence-electron chi connectivity index (χ3n) is 8.91. The van der Waals surface area contributed by atoms with Gasteiger partial charge in [0.2, 0.25) is 11.6 Å². The van der Waals surface area contributed by atoms with Crippen molar-refractivity contribution in [2.45, 2.75) is 49.7 Å². The Morgan fingerprint density at radius 2 is 2.00 bits per heavy atom. The number of nitrogens with two attached hydrogens (primary N) is 1. The van der Waals surface area contributed by atoms with Crippen molar-refractivity contribution >= 4 is 17.4 Å². The van der Waals surface area contributed by atoms with Crippen LogP contribution in [0.15, 0.2) is 23.0 Å². The molecular formula is C27H33N3O8. The number of aromatic hydroxyl groups is 1. The number of hydrogen-bond acceptors (Lipinski definition) is 10. The highest BCUT2D eigenvalue weighted by Gasteiger charge is 2.86. The number of phenolic OH excluding ortho intramolecular Hbond substituents is 1. The van der Waals surface area contributed by atoms with E-state index in [4.69, 9.17) is 15.2 Å². The zero-order valence-corrected chi connectivity index (χ0v) is 21.6. The first kappa shape index (κ1) is 25.2. The number of methoxy groups -OCH3 is 1. The first-order valence-corrected chi connectivity index (χ1v) is 12.9. The molecule has 1 amide bonds. The summed E-state index contributed by atoms with van der Waals surface area (Å²) in [6.45, 7) is 1.35. The number of epoxide rings is 1. The number of aliphatic hydroxyl groups excluding tert-OH is 2. The average molecular weight is 528 g/mol. The van der Waals surface area contributed by atoms with Gasteiger partial charge in [-0.3, -0.25) is 14.5 Å². The van der Waals surface area contributed by atoms with Crippen molar-refractivity contribution < 1.29 is 39.5 Å². The maximum absolute atomic E-state index is 14.1. The van der Waals surface area contributed by atoms with Gasteiger partial charge in [-0.25, -0.2) is 0 Å². The molecule has 0 bridgehead atoms. The molecule has 1 unspecified atom stereocenters. The molecule has 0 aromatic heterocycles. The van der Waals surface area contributed by atoms with Gasteiger partial charge in [0.25, 0.3) is 5.91 Å². The van der Waals surface area contributed by atoms with Crippen molar-refractivity contribution in [3.63, 3.8) is 0 Å². The smallest absolute Gasteiger partial charge is 0.253 e. The normalized spacial score (nSPS) is 33.5. The molecule has 7 N–H and O–H groups in total. The molecule has 4 aliphatic carbocycles. The molecule has 1 aliphatic heterocycles. The molecule has 11 heteroatoms. The number of phenols is 1. The predicted molar refractivity (Wildman–Crippen MR) is 134 cm³/mol. The lowest BCUT2D eigenvalue weighted by molar-refractivity contribution is -0.127. The molecule has 0 radical (unpaired) electrons. The maximum atomic E-state index is 14.1. The largest absolute Gasteiger partial charge is 0.510 e. The molecule has 1 spiro atoms. The predicted octanol–water partition coefficient (Wildman–Crippen LogP) is 0.630. The summed E-state index contributed by atoms with van der Waals surface area (Å²) in [5, 5.41) is 48.1. The Hall–Kier alpha value is -3.12. The summed E-state index contributed by atoms with van der Waals surface area (Å²) in [5.74, 6) is -5.23. The Bertz CT molecular complexity index is 1330. The minimum atomic E-state index is -2.40. The zero-order valence-electron chi connectivity index (χ0n) is 21.6. The van der Waals surface area contributed by atoms with E-state index in [1.807, 2.05) is 0 Å². The fourth-order valence-electron chi connectivity index (χ4n) is 7.09. The molecule has 1 aromatic carbocycles. The van der Waals surface area contributed by atoms with E-state index in [0.29, 0.717) is 23.8 Å². The highest BCUT2D eigenvalue weighted by molar-refractivity contribution is 6.14. The number of Topliss-reactive ketones (excluding diaryl/α,β-unsaturated/α-hetero) is 1. The number of amides is 1. The Morgan fingerprint density at radius 3 is 2.61 bits per heavy atom. The lowest BCUT2D eigenvalue weighted by atomic mass is 9.58. The summed E-state index contributed by atoms with van der Waals surface area (Å²) in [4.78, 5) is 28.0. The average Bonchev–Trinajstić information content (AvgIpc) is 3.74. The maximum Gasteiger partial charge on any atom is 0.253 e. The summed E-state index contributed by atoms with van der Waals surface area (Å²) >= 11 is 0. The number of ketones is 1. The van der Waals surface area contributed by atoms with E-state index in [9.17, 15) is 30.0 Å². The third-order valence-corrected chi connectivity index (χ3v) is 8.91. The van der Waals surface area contributed by atoms with Gasteiger partial charge in [0.15, 0.2) is 5.60 Å². The fraction of sp³-hybridized carbons (Fsp3) is 0.556. The molecule has 2 saturated carbocycles. The SMILES string of the molecule is COc1c(CNCC2CC2)cc(O)c2c1C[C@H]1C[C@H]3[C@H](N(C)C)C(O)=C(C(N)=O)C4(O)O[C@]34C(=O)C1=C2O. The molecule has 1 heterocycles. The first-order chi connectivity index (χ1) is 18.0. The van der Waals surface area contributed by atoms with Crippen LogP contribution in [0.1, 0.15) is 36.0 Å². The van der Waals surface area contributed by atoms with E-state index in [2.05, 4.69) is 5.32 Å². The van der Waals surface area contributed by atoms with Crippen molar-refractivity contribution in [3.05, 3.63) is 39.7 Å². The Morgan fingerprint density at radius 1 is 1.29 bits per heavy atom. The van der Waals surface area contributed by atoms with Crippen molar-refractivity contribution in [2.24, 2.45) is 23.5 Å². The van der Waals surface area contributed by atoms with Crippen LogP contribution in [0.2, 0.25) is 0 Å². The van der Waals surface area contributed by atoms with Gasteiger partial charge >= 0.3 is 0 Å². The second-order valence-corrected chi connectivity index (χ2v) is 11.4. The topological polar surface area (TPSA) is 178 Å². The summed E-state index contributed by atoms with van der Waals surface area (Å²) in [6.07, 6.45) is 2.95. The molecule has 6 rings (SSSR count). The van der Waals surface area contributed by atoms with Gasteiger partial charge in [0.05, 0.1) is 18.7 Å². The Labute approximate surface area is 219 Å². The summed E-state index contributed by atoms with van der Waals surface area (Å²) in [5.41, 5.74) is 4.51. The number of benzene rings is 1. The number of fused-ring (bicyclic) bond motifs is 2. The van der Waals surface area contributed by atoms with Gasteiger partial charge < -0.3 is 41.0 Å². The van der Waals surface area contributed by atoms with Crippen molar-refractivity contribution in [2.75, 3.05) is 27.7 Å². The van der Waals surface area contributed by atoms with Gasteiger partial charge in [-0.1, -0.05) is 0 Å². The van der Waals surface area contributed by atoms with Crippen molar-refractivity contribution in [1.82, 2.24) is 10.2 Å². The second kappa shape index (κ2) is 8.19. The molecule has 11 nitrogen and oxygen atoms in total. The lowest BCUT2D eigenvalue weighted by Gasteiger charge is -2.46. The summed E-state index contributed by atoms with van der Waals surface area (Å²) in [6, 6.07) is 0.698. The minimum absolute atomic E-state index is 0.0179. The number of rotatable bonds is 7. The van der Waals surface area contributed by atoms with Gasteiger partial charge in [-0.05, 0) is 64.2 Å². The molecule has 3 fully saturated rings. The van der Waals surface area contributed by atoms with Gasteiger partial charge in [0.1, 0.15) is 28.6 Å². The molecular weight excluding hydrogens is 494 g/mol. The van der Waals surface area contributed by atoms with E-state index in [1.54, 1.807) is 19.0 Å². The number of carbonyl (C=O) groups is 2. The standard InChI is InChI=1S/C27H33N3O8/c1-30(2)20-15-7-12-6-14-18(16(31)8-13(23(14)37-3)10-29-9-11-4-5-11)21(32)17(12)24(34)26(15)27(36,38-26)19(22(20)33)25(28)35/h8,11-12,15,20,29,31-33,36H,4-7,9-10H2,1-3H3,(H2,28,35)/t12-,15-,20-,26-,27?/m0/s1. The van der Waals surface area contributed by atoms with E-state index < -0.39 is 58.0 Å². The third kappa shape index (κ3) is 3.16. The minimum Gasteiger partial charge on any atom is -0.510 e. The fourth-order valence-corrected chi connectivity index (χ4v) is 7.09. The van der Waals surface area contributed by atoms with E-state index in [1.165, 1.54) is 26.0 Å². The van der Waals surface area contributed by atoms with Crippen LogP contribution < -0.4 is 15.8 Å². The molecule has 1 aromatic rings. The number of aliphatic hydroxyl groups is 3. The Balaban J connectivity index is 1.45. The molecule has 5 atom stereocenters. The van der Waals surface area contributed by atoms with E-state index in [0.717, 1.165) is 12.1 Å². The number of hydrogen-bond donors (Lipinski definition) is 6. The highest BCUT2D eigenvalue weighted by atomic mass is 16.8. The number of likely N-dealkylation sites (N-methyl/N-ethyl adjacent to an activating group) is 1. The van der Waals surface area contributed by atoms with Crippen molar-refractivity contribution in [3.8, 4) is 11.5 Å². The van der Waals surface area contributed by atoms with Gasteiger partial charge in [-0.2, -0.15) is 0 Å². The van der Waals surface area contributed by atoms with Crippen LogP contribution in [-0.2, 0) is 27.3 Å². The number of carbonyl (C=O) groups excluding carboxylic acids is 2. The quantitative estimate of drug-likeness (QED) is 0.276. The number of ether oxygens (including phenoxy) is 2. The van der Waals surface area contributed by atoms with Crippen LogP contribution in [0.5, 0.6) is 11.5 Å². The monoisotopic (exact) mass is 527 g/mol. The summed E-state index contributed by atoms with van der Waals surface area (Å²) < 4.78 is 11.4. The van der Waals surface area contributed by atoms with Crippen LogP contribution in [0.3, 0.4) is 0 Å². The molecule has 5 aliphatic rings. The van der Waals surface area contributed by atoms with Gasteiger partial charge in [-0.15, -0.1) is 0 Å². The number of nitrogens with one attached hydrogen (secondary N) is 1. The van der Waals surface area contributed by atoms with Crippen LogP contribution in [0.4, 0.5) is 0 Å². The van der Waals surface area contributed by atoms with Crippen LogP contribution in [0.25, 0.3) is 5.76 Å². The van der Waals surface area contributed by atoms with Crippen LogP contribution in [-0.4, -0.2) is 82.2 Å². The lowest BCUT2D eigenvalue weighted by Crippen LogP contribution is -2.60. The van der Waals surface area contributed by atoms with E-state index in [-0.39, 0.29) is 29.7 Å². The molecule has 1 saturated heterocycles. The van der Waals surface area contributed by atoms with Crippen LogP contribution >= 0.6 is 0 Å². The van der Waals surface area contributed by atoms with E-state index >= 15 is 0 Å². The Kier molecular flexibility index (Phi) is 5.42.